The van der Waals surface area contributed by atoms with E-state index in [1.54, 1.807) is 11.0 Å². The first kappa shape index (κ1) is 16.9. The lowest BCUT2D eigenvalue weighted by atomic mass is 10.1. The van der Waals surface area contributed by atoms with Crippen LogP contribution in [0, 0.1) is 13.8 Å². The average Bonchev–Trinajstić information content (AvgIpc) is 3.20. The zero-order valence-electron chi connectivity index (χ0n) is 14.9. The summed E-state index contributed by atoms with van der Waals surface area (Å²) in [6.07, 6.45) is 3.49. The van der Waals surface area contributed by atoms with Crippen LogP contribution in [0.2, 0.25) is 0 Å². The van der Waals surface area contributed by atoms with Crippen molar-refractivity contribution in [2.75, 3.05) is 0 Å². The molecule has 0 fully saturated rings. The van der Waals surface area contributed by atoms with Crippen LogP contribution >= 0.6 is 0 Å². The predicted molar refractivity (Wildman–Crippen MR) is 94.3 cm³/mol. The van der Waals surface area contributed by atoms with Crippen molar-refractivity contribution >= 4 is 5.91 Å². The number of rotatable bonds is 5. The number of aromatic nitrogens is 5. The molecule has 0 aliphatic carbocycles. The fourth-order valence-corrected chi connectivity index (χ4v) is 2.87. The van der Waals surface area contributed by atoms with Gasteiger partial charge in [0.1, 0.15) is 12.7 Å². The summed E-state index contributed by atoms with van der Waals surface area (Å²) in [5.74, 6) is -0.00736. The predicted octanol–water partition coefficient (Wildman–Crippen LogP) is 2.04. The molecular weight excluding hydrogens is 316 g/mol. The van der Waals surface area contributed by atoms with E-state index in [-0.39, 0.29) is 11.9 Å². The number of nitrogens with one attached hydrogen (secondary N) is 1. The van der Waals surface area contributed by atoms with E-state index in [9.17, 15) is 4.79 Å². The summed E-state index contributed by atoms with van der Waals surface area (Å²) in [7, 11) is 1.89. The Morgan fingerprint density at radius 1 is 1.24 bits per heavy atom. The molecule has 3 rings (SSSR count). The number of hydrogen-bond acceptors (Lipinski definition) is 4. The minimum Gasteiger partial charge on any atom is -0.349 e. The number of hydrogen-bond donors (Lipinski definition) is 1. The number of carbonyl (C=O) groups excluding carboxylic acids is 1. The number of amides is 1. The SMILES string of the molecule is Cc1nn(C)c(C)c1CC(=O)N[C@@H](C)c1ccc(-n2cncn2)cc1. The molecule has 1 N–H and O–H groups in total. The van der Waals surface area contributed by atoms with Crippen molar-refractivity contribution < 1.29 is 4.79 Å². The molecule has 130 valence electrons. The van der Waals surface area contributed by atoms with Crippen LogP contribution in [0.15, 0.2) is 36.9 Å². The smallest absolute Gasteiger partial charge is 0.225 e. The topological polar surface area (TPSA) is 77.6 Å². The van der Waals surface area contributed by atoms with E-state index in [2.05, 4.69) is 20.5 Å². The molecule has 0 aliphatic rings. The number of benzene rings is 1. The van der Waals surface area contributed by atoms with Crippen molar-refractivity contribution in [2.24, 2.45) is 7.05 Å². The van der Waals surface area contributed by atoms with Crippen molar-refractivity contribution in [3.05, 3.63) is 59.4 Å². The van der Waals surface area contributed by atoms with Gasteiger partial charge in [-0.05, 0) is 38.5 Å². The quantitative estimate of drug-likeness (QED) is 0.772. The van der Waals surface area contributed by atoms with Crippen LogP contribution < -0.4 is 5.32 Å². The van der Waals surface area contributed by atoms with Crippen molar-refractivity contribution in [1.82, 2.24) is 29.9 Å². The zero-order chi connectivity index (χ0) is 18.0. The normalized spacial score (nSPS) is 12.2. The second kappa shape index (κ2) is 6.88. The van der Waals surface area contributed by atoms with Gasteiger partial charge in [0.25, 0.3) is 0 Å². The Labute approximate surface area is 146 Å². The molecule has 0 bridgehead atoms. The maximum Gasteiger partial charge on any atom is 0.225 e. The number of nitrogens with zero attached hydrogens (tertiary/aromatic N) is 5. The molecular formula is C18H22N6O. The van der Waals surface area contributed by atoms with Crippen LogP contribution in [0.5, 0.6) is 0 Å². The lowest BCUT2D eigenvalue weighted by molar-refractivity contribution is -0.121. The Balaban J connectivity index is 1.65. The van der Waals surface area contributed by atoms with Crippen molar-refractivity contribution in [2.45, 2.75) is 33.2 Å². The molecule has 0 aliphatic heterocycles. The first-order chi connectivity index (χ1) is 12.0. The summed E-state index contributed by atoms with van der Waals surface area (Å²) in [4.78, 5) is 16.3. The van der Waals surface area contributed by atoms with Gasteiger partial charge in [-0.2, -0.15) is 10.2 Å². The van der Waals surface area contributed by atoms with Gasteiger partial charge in [0, 0.05) is 18.3 Å². The van der Waals surface area contributed by atoms with Gasteiger partial charge < -0.3 is 5.32 Å². The van der Waals surface area contributed by atoms with E-state index in [1.807, 2.05) is 56.8 Å². The molecule has 0 unspecified atom stereocenters. The summed E-state index contributed by atoms with van der Waals surface area (Å²) in [6.45, 7) is 5.89. The monoisotopic (exact) mass is 338 g/mol. The molecule has 1 atom stereocenters. The van der Waals surface area contributed by atoms with Crippen LogP contribution in [0.25, 0.3) is 5.69 Å². The van der Waals surface area contributed by atoms with Gasteiger partial charge in [0.15, 0.2) is 0 Å². The van der Waals surface area contributed by atoms with Crippen LogP contribution in [0.1, 0.15) is 35.5 Å². The minimum absolute atomic E-state index is 0.00736. The fraction of sp³-hybridized carbons (Fsp3) is 0.333. The van der Waals surface area contributed by atoms with E-state index >= 15 is 0 Å². The summed E-state index contributed by atoms with van der Waals surface area (Å²) >= 11 is 0. The van der Waals surface area contributed by atoms with E-state index in [4.69, 9.17) is 0 Å². The van der Waals surface area contributed by atoms with Gasteiger partial charge in [-0.25, -0.2) is 9.67 Å². The van der Waals surface area contributed by atoms with E-state index in [0.717, 1.165) is 28.2 Å². The largest absolute Gasteiger partial charge is 0.349 e. The molecule has 0 spiro atoms. The third-order valence-electron chi connectivity index (χ3n) is 4.45. The Bertz CT molecular complexity index is 864. The van der Waals surface area contributed by atoms with Crippen molar-refractivity contribution in [1.29, 1.82) is 0 Å². The summed E-state index contributed by atoms with van der Waals surface area (Å²) in [6, 6.07) is 7.82. The van der Waals surface area contributed by atoms with Gasteiger partial charge in [0.2, 0.25) is 5.91 Å². The van der Waals surface area contributed by atoms with E-state index < -0.39 is 0 Å². The Morgan fingerprint density at radius 3 is 2.52 bits per heavy atom. The molecule has 3 aromatic rings. The summed E-state index contributed by atoms with van der Waals surface area (Å²) in [5, 5.41) is 11.5. The van der Waals surface area contributed by atoms with E-state index in [0.29, 0.717) is 6.42 Å². The van der Waals surface area contributed by atoms with Crippen molar-refractivity contribution in [3.63, 3.8) is 0 Å². The minimum atomic E-state index is -0.0745. The maximum absolute atomic E-state index is 12.4. The lowest BCUT2D eigenvalue weighted by Gasteiger charge is -2.15. The van der Waals surface area contributed by atoms with Crippen LogP contribution in [0.3, 0.4) is 0 Å². The highest BCUT2D eigenvalue weighted by Gasteiger charge is 2.15. The third-order valence-corrected chi connectivity index (χ3v) is 4.45. The highest BCUT2D eigenvalue weighted by atomic mass is 16.1. The third kappa shape index (κ3) is 3.60. The van der Waals surface area contributed by atoms with Crippen LogP contribution in [0.4, 0.5) is 0 Å². The van der Waals surface area contributed by atoms with Crippen LogP contribution in [-0.2, 0) is 18.3 Å². The second-order valence-electron chi connectivity index (χ2n) is 6.17. The molecule has 0 radical (unpaired) electrons. The van der Waals surface area contributed by atoms with Gasteiger partial charge >= 0.3 is 0 Å². The Kier molecular flexibility index (Phi) is 4.65. The molecule has 1 amide bonds. The molecule has 25 heavy (non-hydrogen) atoms. The first-order valence-corrected chi connectivity index (χ1v) is 8.19. The molecule has 7 nitrogen and oxygen atoms in total. The maximum atomic E-state index is 12.4. The fourth-order valence-electron chi connectivity index (χ4n) is 2.87. The second-order valence-corrected chi connectivity index (χ2v) is 6.17. The van der Waals surface area contributed by atoms with Crippen LogP contribution in [-0.4, -0.2) is 30.5 Å². The highest BCUT2D eigenvalue weighted by Crippen LogP contribution is 2.17. The summed E-state index contributed by atoms with van der Waals surface area (Å²) < 4.78 is 3.51. The molecule has 2 heterocycles. The van der Waals surface area contributed by atoms with Gasteiger partial charge in [0.05, 0.1) is 23.8 Å². The Morgan fingerprint density at radius 2 is 1.96 bits per heavy atom. The number of aryl methyl sites for hydroxylation is 2. The molecule has 1 aromatic carbocycles. The van der Waals surface area contributed by atoms with Crippen molar-refractivity contribution in [3.8, 4) is 5.69 Å². The summed E-state index contributed by atoms with van der Waals surface area (Å²) in [5.41, 5.74) is 4.89. The molecule has 7 heteroatoms. The van der Waals surface area contributed by atoms with Gasteiger partial charge in [-0.15, -0.1) is 0 Å². The molecule has 0 saturated heterocycles. The lowest BCUT2D eigenvalue weighted by Crippen LogP contribution is -2.28. The molecule has 0 saturated carbocycles. The van der Waals surface area contributed by atoms with E-state index in [1.165, 1.54) is 6.33 Å². The first-order valence-electron chi connectivity index (χ1n) is 8.19. The Hall–Kier alpha value is -2.96. The number of carbonyl (C=O) groups is 1. The molecule has 2 aromatic heterocycles. The average molecular weight is 338 g/mol. The van der Waals surface area contributed by atoms with Gasteiger partial charge in [-0.3, -0.25) is 9.48 Å². The standard InChI is InChI=1S/C18H22N6O/c1-12(15-5-7-16(8-6-15)24-11-19-10-20-24)21-18(25)9-17-13(2)22-23(4)14(17)3/h5-8,10-12H,9H2,1-4H3,(H,21,25)/t12-/m0/s1. The zero-order valence-corrected chi connectivity index (χ0v) is 14.9. The highest BCUT2D eigenvalue weighted by molar-refractivity contribution is 5.79. The van der Waals surface area contributed by atoms with Gasteiger partial charge in [-0.1, -0.05) is 12.1 Å².